The Labute approximate surface area is 95.3 Å². The van der Waals surface area contributed by atoms with Gasteiger partial charge in [-0.2, -0.15) is 0 Å². The molecule has 1 heterocycles. The van der Waals surface area contributed by atoms with Crippen molar-refractivity contribution < 1.29 is 9.59 Å². The number of primary amides is 1. The fourth-order valence-electron chi connectivity index (χ4n) is 2.15. The van der Waals surface area contributed by atoms with Crippen molar-refractivity contribution >= 4 is 11.9 Å². The number of nitrogens with one attached hydrogen (secondary N) is 1. The third-order valence-electron chi connectivity index (χ3n) is 2.89. The molecule has 1 aliphatic rings. The van der Waals surface area contributed by atoms with E-state index in [1.165, 1.54) is 0 Å². The second-order valence-corrected chi connectivity index (χ2v) is 4.58. The predicted octanol–water partition coefficient (Wildman–Crippen LogP) is -0.761. The van der Waals surface area contributed by atoms with Crippen LogP contribution in [-0.4, -0.2) is 42.0 Å². The van der Waals surface area contributed by atoms with Crippen LogP contribution >= 0.6 is 0 Å². The summed E-state index contributed by atoms with van der Waals surface area (Å²) < 4.78 is 0. The third-order valence-corrected chi connectivity index (χ3v) is 2.89. The van der Waals surface area contributed by atoms with Gasteiger partial charge in [-0.15, -0.1) is 0 Å². The van der Waals surface area contributed by atoms with Gasteiger partial charge in [0.15, 0.2) is 0 Å². The van der Waals surface area contributed by atoms with E-state index in [0.29, 0.717) is 12.5 Å². The Kier molecular flexibility index (Phi) is 4.26. The smallest absolute Gasteiger partial charge is 0.318 e. The molecule has 5 N–H and O–H groups in total. The van der Waals surface area contributed by atoms with E-state index in [-0.39, 0.29) is 18.0 Å². The molecule has 0 aromatic rings. The van der Waals surface area contributed by atoms with E-state index in [1.54, 1.807) is 6.92 Å². The zero-order valence-corrected chi connectivity index (χ0v) is 9.77. The van der Waals surface area contributed by atoms with Crippen molar-refractivity contribution in [3.8, 4) is 0 Å². The highest BCUT2D eigenvalue weighted by atomic mass is 16.2. The molecule has 92 valence electrons. The number of hydrogen-bond acceptors (Lipinski definition) is 4. The molecule has 0 aliphatic carbocycles. The molecule has 0 aromatic heterocycles. The van der Waals surface area contributed by atoms with Gasteiger partial charge in [0, 0.05) is 19.1 Å². The molecule has 0 radical (unpaired) electrons. The first kappa shape index (κ1) is 12.9. The normalized spacial score (nSPS) is 28.4. The average Bonchev–Trinajstić information content (AvgIpc) is 2.13. The lowest BCUT2D eigenvalue weighted by Crippen LogP contribution is -2.55. The minimum atomic E-state index is -0.814. The number of imide groups is 1. The van der Waals surface area contributed by atoms with Crippen LogP contribution in [0, 0.1) is 5.92 Å². The fourth-order valence-corrected chi connectivity index (χ4v) is 2.15. The van der Waals surface area contributed by atoms with Crippen molar-refractivity contribution in [1.82, 2.24) is 10.2 Å². The summed E-state index contributed by atoms with van der Waals surface area (Å²) >= 11 is 0. The maximum absolute atomic E-state index is 11.6. The van der Waals surface area contributed by atoms with E-state index in [4.69, 9.17) is 11.5 Å². The van der Waals surface area contributed by atoms with Crippen LogP contribution in [0.15, 0.2) is 0 Å². The maximum atomic E-state index is 11.6. The summed E-state index contributed by atoms with van der Waals surface area (Å²) in [7, 11) is 0. The lowest BCUT2D eigenvalue weighted by atomic mass is 9.95. The number of carbonyl (C=O) groups is 2. The summed E-state index contributed by atoms with van der Waals surface area (Å²) in [5.74, 6) is 0.0985. The molecule has 1 saturated heterocycles. The van der Waals surface area contributed by atoms with Gasteiger partial charge in [0.05, 0.1) is 6.04 Å². The first-order chi connectivity index (χ1) is 7.40. The zero-order chi connectivity index (χ0) is 12.3. The molecule has 16 heavy (non-hydrogen) atoms. The molecule has 6 heteroatoms. The van der Waals surface area contributed by atoms with Crippen LogP contribution in [-0.2, 0) is 4.79 Å². The minimum absolute atomic E-state index is 0.0904. The molecule has 3 amide bonds. The van der Waals surface area contributed by atoms with Gasteiger partial charge in [0.25, 0.3) is 0 Å². The predicted molar refractivity (Wildman–Crippen MR) is 60.5 cm³/mol. The molecule has 0 bridgehead atoms. The van der Waals surface area contributed by atoms with Gasteiger partial charge in [0.2, 0.25) is 5.91 Å². The number of hydrogen-bond donors (Lipinski definition) is 3. The molecule has 3 atom stereocenters. The van der Waals surface area contributed by atoms with E-state index in [2.05, 4.69) is 12.2 Å². The van der Waals surface area contributed by atoms with Crippen LogP contribution < -0.4 is 16.8 Å². The zero-order valence-electron chi connectivity index (χ0n) is 9.77. The highest BCUT2D eigenvalue weighted by Gasteiger charge is 2.29. The van der Waals surface area contributed by atoms with Crippen molar-refractivity contribution in [1.29, 1.82) is 0 Å². The first-order valence-electron chi connectivity index (χ1n) is 5.50. The molecular weight excluding hydrogens is 208 g/mol. The number of nitrogens with two attached hydrogens (primary N) is 2. The molecule has 0 aromatic carbocycles. The van der Waals surface area contributed by atoms with Crippen molar-refractivity contribution in [2.24, 2.45) is 17.4 Å². The molecule has 0 spiro atoms. The number of amides is 3. The van der Waals surface area contributed by atoms with Gasteiger partial charge in [0.1, 0.15) is 0 Å². The maximum Gasteiger partial charge on any atom is 0.318 e. The summed E-state index contributed by atoms with van der Waals surface area (Å²) in [6.45, 7) is 5.35. The SMILES string of the molecule is CC1CC(N)CN(C(C)C(=O)NC(N)=O)C1. The van der Waals surface area contributed by atoms with E-state index in [0.717, 1.165) is 13.0 Å². The highest BCUT2D eigenvalue weighted by molar-refractivity contribution is 5.96. The van der Waals surface area contributed by atoms with Gasteiger partial charge in [-0.1, -0.05) is 6.92 Å². The van der Waals surface area contributed by atoms with Crippen molar-refractivity contribution in [2.45, 2.75) is 32.4 Å². The summed E-state index contributed by atoms with van der Waals surface area (Å²) in [5, 5.41) is 2.09. The number of rotatable bonds is 2. The largest absolute Gasteiger partial charge is 0.351 e. The van der Waals surface area contributed by atoms with Crippen molar-refractivity contribution in [2.75, 3.05) is 13.1 Å². The molecule has 1 fully saturated rings. The molecule has 1 rings (SSSR count). The standard InChI is InChI=1S/C10H20N4O2/c1-6-3-8(11)5-14(4-6)7(2)9(15)13-10(12)16/h6-8H,3-5,11H2,1-2H3,(H3,12,13,15,16). The second kappa shape index (κ2) is 5.27. The van der Waals surface area contributed by atoms with E-state index < -0.39 is 6.03 Å². The van der Waals surface area contributed by atoms with Crippen molar-refractivity contribution in [3.63, 3.8) is 0 Å². The fraction of sp³-hybridized carbons (Fsp3) is 0.800. The topological polar surface area (TPSA) is 101 Å². The van der Waals surface area contributed by atoms with Gasteiger partial charge in [-0.05, 0) is 19.3 Å². The summed E-state index contributed by atoms with van der Waals surface area (Å²) in [5.41, 5.74) is 10.8. The Hall–Kier alpha value is -1.14. The van der Waals surface area contributed by atoms with Gasteiger partial charge < -0.3 is 11.5 Å². The number of carbonyl (C=O) groups excluding carboxylic acids is 2. The number of nitrogens with zero attached hydrogens (tertiary/aromatic N) is 1. The Morgan fingerprint density at radius 1 is 1.44 bits per heavy atom. The molecule has 3 unspecified atom stereocenters. The van der Waals surface area contributed by atoms with Crippen molar-refractivity contribution in [3.05, 3.63) is 0 Å². The van der Waals surface area contributed by atoms with E-state index in [9.17, 15) is 9.59 Å². The van der Waals surface area contributed by atoms with Crippen LogP contribution in [0.2, 0.25) is 0 Å². The molecule has 6 nitrogen and oxygen atoms in total. The van der Waals surface area contributed by atoms with Crippen LogP contribution in [0.3, 0.4) is 0 Å². The van der Waals surface area contributed by atoms with Gasteiger partial charge in [-0.25, -0.2) is 4.79 Å². The number of piperidine rings is 1. The molecular formula is C10H20N4O2. The van der Waals surface area contributed by atoms with Crippen LogP contribution in [0.1, 0.15) is 20.3 Å². The Morgan fingerprint density at radius 2 is 2.06 bits per heavy atom. The van der Waals surface area contributed by atoms with Crippen LogP contribution in [0.25, 0.3) is 0 Å². The highest BCUT2D eigenvalue weighted by Crippen LogP contribution is 2.17. The quantitative estimate of drug-likeness (QED) is 0.578. The van der Waals surface area contributed by atoms with Gasteiger partial charge >= 0.3 is 6.03 Å². The Bertz CT molecular complexity index is 272. The number of likely N-dealkylation sites (tertiary alicyclic amines) is 1. The molecule has 1 aliphatic heterocycles. The summed E-state index contributed by atoms with van der Waals surface area (Å²) in [6.07, 6.45) is 0.973. The Morgan fingerprint density at radius 3 is 2.56 bits per heavy atom. The molecule has 0 saturated carbocycles. The second-order valence-electron chi connectivity index (χ2n) is 4.58. The van der Waals surface area contributed by atoms with Gasteiger partial charge in [-0.3, -0.25) is 15.0 Å². The summed E-state index contributed by atoms with van der Waals surface area (Å²) in [4.78, 5) is 24.1. The minimum Gasteiger partial charge on any atom is -0.351 e. The third kappa shape index (κ3) is 3.46. The Balaban J connectivity index is 2.55. The lowest BCUT2D eigenvalue weighted by molar-refractivity contribution is -0.125. The summed E-state index contributed by atoms with van der Waals surface area (Å²) in [6, 6.07) is -1.10. The lowest BCUT2D eigenvalue weighted by Gasteiger charge is -2.37. The van der Waals surface area contributed by atoms with Crippen LogP contribution in [0.4, 0.5) is 4.79 Å². The average molecular weight is 228 g/mol. The van der Waals surface area contributed by atoms with E-state index in [1.807, 2.05) is 4.90 Å². The first-order valence-corrected chi connectivity index (χ1v) is 5.50. The van der Waals surface area contributed by atoms with Crippen LogP contribution in [0.5, 0.6) is 0 Å². The van der Waals surface area contributed by atoms with E-state index >= 15 is 0 Å². The number of urea groups is 1. The monoisotopic (exact) mass is 228 g/mol.